The van der Waals surface area contributed by atoms with E-state index in [1.54, 1.807) is 0 Å². The normalized spacial score (nSPS) is 15.4. The Labute approximate surface area is 121 Å². The molecule has 1 heterocycles. The molecule has 1 N–H and O–H groups in total. The molecular weight excluding hydrogens is 271 g/mol. The topological polar surface area (TPSA) is 32.3 Å². The van der Waals surface area contributed by atoms with Gasteiger partial charge >= 0.3 is 0 Å². The van der Waals surface area contributed by atoms with Gasteiger partial charge < -0.3 is 5.32 Å². The molecule has 1 aliphatic rings. The van der Waals surface area contributed by atoms with Crippen molar-refractivity contribution in [2.75, 3.05) is 32.7 Å². The number of carbonyl (C=O) groups excluding carboxylic acids is 1. The summed E-state index contributed by atoms with van der Waals surface area (Å²) in [6.45, 7) is 6.49. The summed E-state index contributed by atoms with van der Waals surface area (Å²) in [5, 5.41) is 3.28. The van der Waals surface area contributed by atoms with Crippen LogP contribution < -0.4 is 5.32 Å². The van der Waals surface area contributed by atoms with Crippen LogP contribution in [0.1, 0.15) is 15.9 Å². The van der Waals surface area contributed by atoms with Gasteiger partial charge in [-0.05, 0) is 6.92 Å². The first-order chi connectivity index (χ1) is 7.75. The maximum atomic E-state index is 12.0. The van der Waals surface area contributed by atoms with Crippen LogP contribution in [0.4, 0.5) is 0 Å². The largest absolute Gasteiger partial charge is 0.314 e. The SMILES string of the molecule is Cc1ccc(C(=O)CN2CCNCC2)cc1.Cl.Cl. The van der Waals surface area contributed by atoms with E-state index in [-0.39, 0.29) is 30.6 Å². The maximum absolute atomic E-state index is 12.0. The summed E-state index contributed by atoms with van der Waals surface area (Å²) in [5.74, 6) is 0.224. The number of benzene rings is 1. The summed E-state index contributed by atoms with van der Waals surface area (Å²) in [7, 11) is 0. The third-order valence-corrected chi connectivity index (χ3v) is 2.95. The standard InChI is InChI=1S/C13H18N2O.2ClH/c1-11-2-4-12(5-3-11)13(16)10-15-8-6-14-7-9-15;;/h2-5,14H,6-10H2,1H3;2*1H. The van der Waals surface area contributed by atoms with E-state index in [1.807, 2.05) is 31.2 Å². The Morgan fingerprint density at radius 3 is 2.28 bits per heavy atom. The van der Waals surface area contributed by atoms with Crippen molar-refractivity contribution in [1.29, 1.82) is 0 Å². The van der Waals surface area contributed by atoms with Crippen molar-refractivity contribution in [2.24, 2.45) is 0 Å². The molecule has 0 amide bonds. The Kier molecular flexibility index (Phi) is 8.20. The number of hydrogen-bond acceptors (Lipinski definition) is 3. The first kappa shape index (κ1) is 17.4. The smallest absolute Gasteiger partial charge is 0.176 e. The maximum Gasteiger partial charge on any atom is 0.176 e. The molecule has 0 spiro atoms. The molecule has 2 rings (SSSR count). The molecular formula is C13H20Cl2N2O. The zero-order valence-corrected chi connectivity index (χ0v) is 12.1. The van der Waals surface area contributed by atoms with Crippen LogP contribution in [0.15, 0.2) is 24.3 Å². The van der Waals surface area contributed by atoms with Gasteiger partial charge in [-0.2, -0.15) is 0 Å². The van der Waals surface area contributed by atoms with Crippen LogP contribution >= 0.6 is 24.8 Å². The van der Waals surface area contributed by atoms with E-state index in [9.17, 15) is 4.79 Å². The molecule has 0 aliphatic carbocycles. The van der Waals surface area contributed by atoms with Crippen molar-refractivity contribution in [3.05, 3.63) is 35.4 Å². The van der Waals surface area contributed by atoms with Crippen LogP contribution in [0.2, 0.25) is 0 Å². The monoisotopic (exact) mass is 290 g/mol. The molecule has 0 aromatic heterocycles. The van der Waals surface area contributed by atoms with Crippen LogP contribution in [0, 0.1) is 6.92 Å². The lowest BCUT2D eigenvalue weighted by Gasteiger charge is -2.26. The van der Waals surface area contributed by atoms with Gasteiger partial charge in [0.15, 0.2) is 5.78 Å². The molecule has 0 saturated carbocycles. The van der Waals surface area contributed by atoms with Crippen molar-refractivity contribution in [2.45, 2.75) is 6.92 Å². The van der Waals surface area contributed by atoms with Gasteiger partial charge in [0.2, 0.25) is 0 Å². The zero-order valence-electron chi connectivity index (χ0n) is 10.5. The second kappa shape index (κ2) is 8.48. The molecule has 1 aliphatic heterocycles. The number of halogens is 2. The molecule has 3 nitrogen and oxygen atoms in total. The number of nitrogens with zero attached hydrogens (tertiary/aromatic N) is 1. The fraction of sp³-hybridized carbons (Fsp3) is 0.462. The predicted octanol–water partition coefficient (Wildman–Crippen LogP) is 1.93. The Bertz CT molecular complexity index is 362. The molecule has 1 saturated heterocycles. The van der Waals surface area contributed by atoms with Gasteiger partial charge in [0.1, 0.15) is 0 Å². The van der Waals surface area contributed by atoms with Crippen molar-refractivity contribution < 1.29 is 4.79 Å². The summed E-state index contributed by atoms with van der Waals surface area (Å²) < 4.78 is 0. The van der Waals surface area contributed by atoms with Gasteiger partial charge in [-0.15, -0.1) is 24.8 Å². The fourth-order valence-electron chi connectivity index (χ4n) is 1.90. The van der Waals surface area contributed by atoms with Gasteiger partial charge in [0.25, 0.3) is 0 Å². The van der Waals surface area contributed by atoms with E-state index in [4.69, 9.17) is 0 Å². The minimum atomic E-state index is 0. The Balaban J connectivity index is 0.00000144. The lowest BCUT2D eigenvalue weighted by molar-refractivity contribution is 0.0921. The number of ketones is 1. The van der Waals surface area contributed by atoms with E-state index < -0.39 is 0 Å². The number of nitrogens with one attached hydrogen (secondary N) is 1. The van der Waals surface area contributed by atoms with Crippen molar-refractivity contribution >= 4 is 30.6 Å². The van der Waals surface area contributed by atoms with Crippen LogP contribution in [0.25, 0.3) is 0 Å². The Morgan fingerprint density at radius 2 is 1.72 bits per heavy atom. The van der Waals surface area contributed by atoms with Gasteiger partial charge in [0.05, 0.1) is 6.54 Å². The van der Waals surface area contributed by atoms with E-state index in [2.05, 4.69) is 10.2 Å². The van der Waals surface area contributed by atoms with Crippen LogP contribution in [0.3, 0.4) is 0 Å². The number of piperazine rings is 1. The first-order valence-corrected chi connectivity index (χ1v) is 5.78. The highest BCUT2D eigenvalue weighted by Gasteiger charge is 2.14. The average molecular weight is 291 g/mol. The van der Waals surface area contributed by atoms with Crippen molar-refractivity contribution in [1.82, 2.24) is 10.2 Å². The number of aryl methyl sites for hydroxylation is 1. The molecule has 5 heteroatoms. The second-order valence-electron chi connectivity index (χ2n) is 4.32. The highest BCUT2D eigenvalue weighted by molar-refractivity contribution is 5.97. The number of hydrogen-bond donors (Lipinski definition) is 1. The number of carbonyl (C=O) groups is 1. The fourth-order valence-corrected chi connectivity index (χ4v) is 1.90. The van der Waals surface area contributed by atoms with Gasteiger partial charge in [0, 0.05) is 31.7 Å². The second-order valence-corrected chi connectivity index (χ2v) is 4.32. The third-order valence-electron chi connectivity index (χ3n) is 2.95. The molecule has 18 heavy (non-hydrogen) atoms. The lowest BCUT2D eigenvalue weighted by atomic mass is 10.1. The lowest BCUT2D eigenvalue weighted by Crippen LogP contribution is -2.45. The number of rotatable bonds is 3. The van der Waals surface area contributed by atoms with Gasteiger partial charge in [-0.25, -0.2) is 0 Å². The summed E-state index contributed by atoms with van der Waals surface area (Å²) in [4.78, 5) is 14.2. The van der Waals surface area contributed by atoms with Crippen molar-refractivity contribution in [3.63, 3.8) is 0 Å². The quantitative estimate of drug-likeness (QED) is 0.864. The number of Topliss-reactive ketones (excluding diaryl/α,β-unsaturated/α-hetero) is 1. The molecule has 0 bridgehead atoms. The molecule has 0 radical (unpaired) electrons. The summed E-state index contributed by atoms with van der Waals surface area (Å²) in [6, 6.07) is 7.82. The minimum Gasteiger partial charge on any atom is -0.314 e. The summed E-state index contributed by atoms with van der Waals surface area (Å²) >= 11 is 0. The van der Waals surface area contributed by atoms with E-state index in [0.29, 0.717) is 6.54 Å². The van der Waals surface area contributed by atoms with Gasteiger partial charge in [-0.1, -0.05) is 29.8 Å². The zero-order chi connectivity index (χ0) is 11.4. The average Bonchev–Trinajstić information content (AvgIpc) is 2.31. The van der Waals surface area contributed by atoms with Crippen LogP contribution in [-0.4, -0.2) is 43.4 Å². The van der Waals surface area contributed by atoms with E-state index in [0.717, 1.165) is 31.7 Å². The Hall–Kier alpha value is -0.610. The molecule has 0 atom stereocenters. The van der Waals surface area contributed by atoms with E-state index >= 15 is 0 Å². The highest BCUT2D eigenvalue weighted by atomic mass is 35.5. The Morgan fingerprint density at radius 1 is 1.17 bits per heavy atom. The summed E-state index contributed by atoms with van der Waals surface area (Å²) in [5.41, 5.74) is 2.02. The van der Waals surface area contributed by atoms with Crippen molar-refractivity contribution in [3.8, 4) is 0 Å². The highest BCUT2D eigenvalue weighted by Crippen LogP contribution is 2.05. The molecule has 1 fully saturated rings. The minimum absolute atomic E-state index is 0. The molecule has 1 aromatic rings. The van der Waals surface area contributed by atoms with Crippen LogP contribution in [0.5, 0.6) is 0 Å². The van der Waals surface area contributed by atoms with Gasteiger partial charge in [-0.3, -0.25) is 9.69 Å². The molecule has 1 aromatic carbocycles. The summed E-state index contributed by atoms with van der Waals surface area (Å²) in [6.07, 6.45) is 0. The first-order valence-electron chi connectivity index (χ1n) is 5.78. The predicted molar refractivity (Wildman–Crippen MR) is 79.3 cm³/mol. The third kappa shape index (κ3) is 4.94. The molecule has 0 unspecified atom stereocenters. The van der Waals surface area contributed by atoms with E-state index in [1.165, 1.54) is 5.56 Å². The van der Waals surface area contributed by atoms with Crippen LogP contribution in [-0.2, 0) is 0 Å². The molecule has 102 valence electrons.